The Bertz CT molecular complexity index is 1470. The van der Waals surface area contributed by atoms with Crippen molar-refractivity contribution in [3.63, 3.8) is 0 Å². The van der Waals surface area contributed by atoms with Crippen LogP contribution >= 0.6 is 0 Å². The van der Waals surface area contributed by atoms with E-state index >= 15 is 0 Å². The van der Waals surface area contributed by atoms with Crippen LogP contribution in [0, 0.1) is 57.2 Å². The van der Waals surface area contributed by atoms with E-state index in [0.717, 1.165) is 12.8 Å². The van der Waals surface area contributed by atoms with Gasteiger partial charge in [-0.2, -0.15) is 0 Å². The summed E-state index contributed by atoms with van der Waals surface area (Å²) >= 11 is 0. The van der Waals surface area contributed by atoms with Crippen LogP contribution < -0.4 is 0 Å². The average Bonchev–Trinajstić information content (AvgIpc) is 3.44. The number of Topliss-reactive ketones (excluding diaryl/α,β-unsaturated/α-hetero) is 2. The lowest BCUT2D eigenvalue weighted by atomic mass is 9.46. The molecule has 0 aromatic rings. The zero-order valence-corrected chi connectivity index (χ0v) is 27.4. The van der Waals surface area contributed by atoms with Gasteiger partial charge in [0.05, 0.1) is 12.2 Å². The number of carbonyl (C=O) groups is 4. The molecule has 8 heteroatoms. The summed E-state index contributed by atoms with van der Waals surface area (Å²) in [6.45, 7) is 7.89. The van der Waals surface area contributed by atoms with Gasteiger partial charge in [0.2, 0.25) is 0 Å². The molecule has 0 spiro atoms. The summed E-state index contributed by atoms with van der Waals surface area (Å²) < 4.78 is 29.8. The third-order valence-electron chi connectivity index (χ3n) is 14.8. The molecule has 0 aromatic heterocycles. The molecular weight excluding hydrogens is 590 g/mol. The maximum Gasteiger partial charge on any atom is 0.178 e. The van der Waals surface area contributed by atoms with Gasteiger partial charge in [0.25, 0.3) is 0 Å². The van der Waals surface area contributed by atoms with Gasteiger partial charge in [0.1, 0.15) is 23.9 Å². The maximum atomic E-state index is 14.9. The molecule has 2 N–H and O–H groups in total. The van der Waals surface area contributed by atoms with Crippen LogP contribution in [0.5, 0.6) is 0 Å². The van der Waals surface area contributed by atoms with E-state index in [4.69, 9.17) is 0 Å². The molecule has 8 aliphatic carbocycles. The normalized spacial score (nSPS) is 52.2. The number of aliphatic hydroxyl groups is 2. The van der Waals surface area contributed by atoms with Crippen molar-refractivity contribution in [2.75, 3.05) is 0 Å². The van der Waals surface area contributed by atoms with Crippen molar-refractivity contribution in [2.45, 2.75) is 116 Å². The van der Waals surface area contributed by atoms with Gasteiger partial charge in [-0.05, 0) is 109 Å². The number of carbonyl (C=O) groups excluding carboxylic acids is 4. The van der Waals surface area contributed by atoms with Gasteiger partial charge in [-0.1, -0.05) is 33.8 Å². The highest BCUT2D eigenvalue weighted by molar-refractivity contribution is 6.01. The first-order valence-corrected chi connectivity index (χ1v) is 17.5. The van der Waals surface area contributed by atoms with Crippen molar-refractivity contribution < 1.29 is 38.2 Å². The number of halogens is 2. The van der Waals surface area contributed by atoms with Gasteiger partial charge in [-0.3, -0.25) is 19.2 Å². The fourth-order valence-electron chi connectivity index (χ4n) is 12.6. The molecule has 8 rings (SSSR count). The third kappa shape index (κ3) is 4.37. The van der Waals surface area contributed by atoms with Crippen LogP contribution in [-0.2, 0) is 19.2 Å². The summed E-state index contributed by atoms with van der Waals surface area (Å²) in [7, 11) is 0. The van der Waals surface area contributed by atoms with E-state index in [0.29, 0.717) is 62.5 Å². The highest BCUT2D eigenvalue weighted by atomic mass is 19.1. The number of alkyl halides is 2. The molecule has 6 nitrogen and oxygen atoms in total. The molecule has 0 bridgehead atoms. The minimum absolute atomic E-state index is 0.00440. The second-order valence-corrected chi connectivity index (χ2v) is 16.9. The first-order chi connectivity index (χ1) is 21.5. The van der Waals surface area contributed by atoms with Crippen molar-refractivity contribution in [3.05, 3.63) is 35.5 Å². The van der Waals surface area contributed by atoms with Crippen molar-refractivity contribution in [2.24, 2.45) is 57.2 Å². The predicted molar refractivity (Wildman–Crippen MR) is 167 cm³/mol. The van der Waals surface area contributed by atoms with E-state index in [1.807, 2.05) is 27.7 Å². The lowest BCUT2D eigenvalue weighted by Crippen LogP contribution is -2.58. The number of hydrogen-bond acceptors (Lipinski definition) is 6. The SMILES string of the molecule is C[C@]12C=CC(=O)C=C1[C@@H](F)C[C@@H]1[C@@H]2[C@@H](O)C[C@]2(C)C(=O)CC[C@@H]12.C[C@]12CCC(=O)C=C1[C@@H](F)C[C@@H]1[C@@H]2[C@@H](O)C[C@]2(C)C(=O)CC[C@@H]12. The van der Waals surface area contributed by atoms with Gasteiger partial charge in [-0.15, -0.1) is 0 Å². The Kier molecular flexibility index (Phi) is 7.42. The number of aliphatic hydroxyl groups excluding tert-OH is 2. The monoisotopic (exact) mass is 638 g/mol. The van der Waals surface area contributed by atoms with Crippen molar-refractivity contribution in [1.29, 1.82) is 0 Å². The van der Waals surface area contributed by atoms with Crippen LogP contribution in [0.1, 0.15) is 91.9 Å². The van der Waals surface area contributed by atoms with E-state index in [2.05, 4.69) is 0 Å². The topological polar surface area (TPSA) is 109 Å². The summed E-state index contributed by atoms with van der Waals surface area (Å²) in [5.41, 5.74) is -0.945. The summed E-state index contributed by atoms with van der Waals surface area (Å²) in [5, 5.41) is 21.8. The Hall–Kier alpha value is -2.32. The summed E-state index contributed by atoms with van der Waals surface area (Å²) in [6, 6.07) is 0. The van der Waals surface area contributed by atoms with Gasteiger partial charge in [-0.25, -0.2) is 8.78 Å². The Balaban J connectivity index is 0.000000147. The molecule has 6 saturated carbocycles. The Morgan fingerprint density at radius 2 is 1.22 bits per heavy atom. The zero-order valence-electron chi connectivity index (χ0n) is 27.4. The lowest BCUT2D eigenvalue weighted by molar-refractivity contribution is -0.150. The molecule has 0 aromatic carbocycles. The number of allylic oxidation sites excluding steroid dienone is 5. The van der Waals surface area contributed by atoms with E-state index in [9.17, 15) is 38.2 Å². The minimum atomic E-state index is -1.17. The molecule has 8 aliphatic rings. The predicted octanol–water partition coefficient (Wildman–Crippen LogP) is 5.79. The molecular formula is C38H48F2O6. The van der Waals surface area contributed by atoms with Gasteiger partial charge >= 0.3 is 0 Å². The number of hydrogen-bond donors (Lipinski definition) is 2. The first kappa shape index (κ1) is 32.2. The highest BCUT2D eigenvalue weighted by Gasteiger charge is 2.65. The quantitative estimate of drug-likeness (QED) is 0.348. The molecule has 0 radical (unpaired) electrons. The number of rotatable bonds is 0. The summed E-state index contributed by atoms with van der Waals surface area (Å²) in [6.07, 6.45) is 8.10. The van der Waals surface area contributed by atoms with Crippen molar-refractivity contribution >= 4 is 23.1 Å². The van der Waals surface area contributed by atoms with Crippen LogP contribution in [0.4, 0.5) is 8.78 Å². The third-order valence-corrected chi connectivity index (χ3v) is 14.8. The number of ketones is 4. The highest BCUT2D eigenvalue weighted by Crippen LogP contribution is 2.66. The molecule has 6 fully saturated rings. The van der Waals surface area contributed by atoms with E-state index in [1.54, 1.807) is 6.08 Å². The van der Waals surface area contributed by atoms with Crippen LogP contribution in [0.15, 0.2) is 35.5 Å². The van der Waals surface area contributed by atoms with Gasteiger partial charge < -0.3 is 10.2 Å². The zero-order chi connectivity index (χ0) is 33.1. The van der Waals surface area contributed by atoms with Crippen molar-refractivity contribution in [3.8, 4) is 0 Å². The summed E-state index contributed by atoms with van der Waals surface area (Å²) in [5.74, 6) is 0.493. The fourth-order valence-corrected chi connectivity index (χ4v) is 12.6. The molecule has 14 atom stereocenters. The van der Waals surface area contributed by atoms with Crippen LogP contribution in [0.3, 0.4) is 0 Å². The first-order valence-electron chi connectivity index (χ1n) is 17.5. The van der Waals surface area contributed by atoms with Crippen molar-refractivity contribution in [1.82, 2.24) is 0 Å². The van der Waals surface area contributed by atoms with Crippen LogP contribution in [0.25, 0.3) is 0 Å². The van der Waals surface area contributed by atoms with Gasteiger partial charge in [0.15, 0.2) is 11.6 Å². The molecule has 250 valence electrons. The lowest BCUT2D eigenvalue weighted by Gasteiger charge is -2.59. The molecule has 0 heterocycles. The van der Waals surface area contributed by atoms with Crippen LogP contribution in [-0.4, -0.2) is 57.9 Å². The van der Waals surface area contributed by atoms with E-state index in [-0.39, 0.29) is 58.6 Å². The number of fused-ring (bicyclic) bond motifs is 10. The minimum Gasteiger partial charge on any atom is -0.393 e. The largest absolute Gasteiger partial charge is 0.393 e. The van der Waals surface area contributed by atoms with Crippen LogP contribution in [0.2, 0.25) is 0 Å². The summed E-state index contributed by atoms with van der Waals surface area (Å²) in [4.78, 5) is 48.2. The Morgan fingerprint density at radius 3 is 1.80 bits per heavy atom. The molecule has 0 saturated heterocycles. The second kappa shape index (κ2) is 10.6. The molecule has 46 heavy (non-hydrogen) atoms. The fraction of sp³-hybridized carbons (Fsp3) is 0.737. The average molecular weight is 639 g/mol. The van der Waals surface area contributed by atoms with E-state index < -0.39 is 46.2 Å². The van der Waals surface area contributed by atoms with Gasteiger partial charge in [0, 0.05) is 41.4 Å². The molecule has 0 unspecified atom stereocenters. The molecule has 0 aliphatic heterocycles. The molecule has 0 amide bonds. The standard InChI is InChI=1S/C19H25FO3.C19H23FO3/c2*1-18-6-5-10(21)7-13(18)14(20)8-11-12-3-4-16(23)19(12,2)9-15(22)17(11)18/h7,11-12,14-15,17,22H,3-6,8-9H2,1-2H3;5-7,11-12,14-15,17,22H,3-4,8-9H2,1-2H3/t2*11-,12-,14-,15-,17+,18-,19-/m00/s1. The second-order valence-electron chi connectivity index (χ2n) is 16.9. The maximum absolute atomic E-state index is 14.9. The Labute approximate surface area is 270 Å². The smallest absolute Gasteiger partial charge is 0.178 e. The van der Waals surface area contributed by atoms with E-state index in [1.165, 1.54) is 18.2 Å². The Morgan fingerprint density at radius 1 is 0.696 bits per heavy atom.